The maximum Gasteiger partial charge on any atom is 0.0995 e. The molecule has 0 N–H and O–H groups in total. The van der Waals surface area contributed by atoms with Crippen LogP contribution < -0.4 is 31.8 Å². The second-order valence-corrected chi connectivity index (χ2v) is 26.9. The van der Waals surface area contributed by atoms with Gasteiger partial charge >= 0.3 is 0 Å². The van der Waals surface area contributed by atoms with Crippen molar-refractivity contribution in [2.75, 3.05) is 18.5 Å². The van der Waals surface area contributed by atoms with Gasteiger partial charge in [-0.05, 0) is 127 Å². The second-order valence-electron chi connectivity index (χ2n) is 15.7. The molecule has 7 aromatic rings. The first-order chi connectivity index (χ1) is 28.0. The van der Waals surface area contributed by atoms with E-state index in [0.717, 1.165) is 37.7 Å². The molecule has 0 radical (unpaired) electrons. The lowest BCUT2D eigenvalue weighted by Gasteiger charge is -2.30. The molecule has 0 amide bonds. The topological polar surface area (TPSA) is 0 Å². The van der Waals surface area contributed by atoms with E-state index < -0.39 is 21.8 Å². The Labute approximate surface area is 345 Å². The van der Waals surface area contributed by atoms with Gasteiger partial charge in [0.1, 0.15) is 0 Å². The second kappa shape index (κ2) is 19.5. The van der Waals surface area contributed by atoms with Gasteiger partial charge in [-0.3, -0.25) is 0 Å². The van der Waals surface area contributed by atoms with Gasteiger partial charge in [-0.2, -0.15) is 0 Å². The van der Waals surface area contributed by atoms with Crippen molar-refractivity contribution in [3.63, 3.8) is 0 Å². The average Bonchev–Trinajstić information content (AvgIpc) is 3.27. The molecule has 0 fully saturated rings. The van der Waals surface area contributed by atoms with E-state index in [-0.39, 0.29) is 0 Å². The van der Waals surface area contributed by atoms with E-state index in [1.807, 2.05) is 0 Å². The third-order valence-electron chi connectivity index (χ3n) is 11.8. The van der Waals surface area contributed by atoms with E-state index in [0.29, 0.717) is 0 Å². The molecule has 0 saturated heterocycles. The molecule has 57 heavy (non-hydrogen) atoms. The predicted octanol–water partition coefficient (Wildman–Crippen LogP) is 12.4. The van der Waals surface area contributed by atoms with Gasteiger partial charge in [0.2, 0.25) is 0 Å². The van der Waals surface area contributed by atoms with E-state index in [1.54, 1.807) is 0 Å². The van der Waals surface area contributed by atoms with E-state index in [4.69, 9.17) is 0 Å². The zero-order valence-electron chi connectivity index (χ0n) is 34.3. The number of benzene rings is 7. The highest BCUT2D eigenvalue weighted by atomic mass is 31.2. The number of hydrogen-bond donors (Lipinski definition) is 0. The quantitative estimate of drug-likeness (QED) is 0.0759. The van der Waals surface area contributed by atoms with Crippen LogP contribution in [0.25, 0.3) is 0 Å². The highest BCUT2D eigenvalue weighted by Gasteiger charge is 2.46. The largest absolute Gasteiger partial charge is 0.0995 e. The summed E-state index contributed by atoms with van der Waals surface area (Å²) in [4.78, 5) is 0. The van der Waals surface area contributed by atoms with Gasteiger partial charge < -0.3 is 0 Å². The smallest absolute Gasteiger partial charge is 0.0620 e. The van der Waals surface area contributed by atoms with Gasteiger partial charge in [0.25, 0.3) is 0 Å². The molecule has 0 aliphatic carbocycles. The Morgan fingerprint density at radius 3 is 0.596 bits per heavy atom. The molecule has 0 nitrogen and oxygen atoms in total. The highest BCUT2D eigenvalue weighted by molar-refractivity contribution is 7.89. The molecule has 0 aliphatic rings. The summed E-state index contributed by atoms with van der Waals surface area (Å²) in [6.07, 6.45) is 10.3. The third-order valence-corrected chi connectivity index (χ3v) is 25.9. The Kier molecular flexibility index (Phi) is 14.0. The van der Waals surface area contributed by atoms with Crippen LogP contribution in [-0.2, 0) is 18.5 Å². The van der Waals surface area contributed by atoms with Crippen LogP contribution in [0.4, 0.5) is 0 Å². The van der Waals surface area contributed by atoms with Crippen molar-refractivity contribution in [1.82, 2.24) is 0 Å². The first-order valence-electron chi connectivity index (χ1n) is 21.1. The number of hydrogen-bond acceptors (Lipinski definition) is 0. The van der Waals surface area contributed by atoms with E-state index in [1.165, 1.54) is 67.0 Å². The van der Waals surface area contributed by atoms with Crippen molar-refractivity contribution in [3.05, 3.63) is 217 Å². The first-order valence-corrected chi connectivity index (χ1v) is 27.6. The minimum absolute atomic E-state index is 1.07. The van der Waals surface area contributed by atoms with Crippen LogP contribution in [0, 0.1) is 0 Å². The molecule has 0 bridgehead atoms. The molecule has 0 aromatic heterocycles. The minimum atomic E-state index is -1.80. The summed E-state index contributed by atoms with van der Waals surface area (Å²) >= 11 is 0. The molecule has 0 spiro atoms. The molecule has 0 aliphatic heterocycles. The molecule has 7 aromatic carbocycles. The zero-order valence-corrected chi connectivity index (χ0v) is 36.9. The van der Waals surface area contributed by atoms with E-state index in [9.17, 15) is 0 Å². The normalized spacial score (nSPS) is 12.1. The Bertz CT molecular complexity index is 1850. The molecule has 3 heteroatoms. The van der Waals surface area contributed by atoms with Crippen molar-refractivity contribution >= 4 is 53.6 Å². The van der Waals surface area contributed by atoms with Gasteiger partial charge in [-0.15, -0.1) is 0 Å². The average molecular weight is 802 g/mol. The summed E-state index contributed by atoms with van der Waals surface area (Å²) in [5, 5.41) is 9.13. The summed E-state index contributed by atoms with van der Waals surface area (Å²) in [6, 6.07) is 77.3. The molecule has 288 valence electrons. The SMILES string of the molecule is CCC[P+](Cc1cc(C[P+](CCC)(c2ccccc2)c2ccccc2)cc(C[P+](CCC)(c2ccccc2)c2ccccc2)c1)(c1ccccc1)c1ccccc1. The monoisotopic (exact) mass is 801 g/mol. The molecule has 0 saturated carbocycles. The first kappa shape index (κ1) is 41.0. The predicted molar refractivity (Wildman–Crippen MR) is 260 cm³/mol. The molecular formula is C54H60P3+3. The molecular weight excluding hydrogens is 742 g/mol. The lowest BCUT2D eigenvalue weighted by atomic mass is 10.1. The van der Waals surface area contributed by atoms with Gasteiger partial charge in [0.05, 0.1) is 90.6 Å². The van der Waals surface area contributed by atoms with Crippen LogP contribution >= 0.6 is 21.8 Å². The highest BCUT2D eigenvalue weighted by Crippen LogP contribution is 2.63. The van der Waals surface area contributed by atoms with Gasteiger partial charge in [0, 0.05) is 0 Å². The third kappa shape index (κ3) is 9.11. The maximum absolute atomic E-state index is 2.65. The summed E-state index contributed by atoms with van der Waals surface area (Å²) in [6.45, 7) is 7.15. The molecule has 0 unspecified atom stereocenters. The number of rotatable bonds is 18. The Balaban J connectivity index is 1.46. The van der Waals surface area contributed by atoms with Crippen molar-refractivity contribution < 1.29 is 0 Å². The van der Waals surface area contributed by atoms with Crippen LogP contribution in [0.5, 0.6) is 0 Å². The Morgan fingerprint density at radius 2 is 0.439 bits per heavy atom. The van der Waals surface area contributed by atoms with Crippen LogP contribution in [0.2, 0.25) is 0 Å². The summed E-state index contributed by atoms with van der Waals surface area (Å²) in [5.41, 5.74) is 4.51. The fourth-order valence-electron chi connectivity index (χ4n) is 9.48. The fraction of sp³-hybridized carbons (Fsp3) is 0.222. The van der Waals surface area contributed by atoms with E-state index in [2.05, 4.69) is 221 Å². The zero-order chi connectivity index (χ0) is 39.4. The molecule has 7 rings (SSSR count). The van der Waals surface area contributed by atoms with Crippen molar-refractivity contribution in [2.45, 2.75) is 58.5 Å². The van der Waals surface area contributed by atoms with Crippen LogP contribution in [0.3, 0.4) is 0 Å². The van der Waals surface area contributed by atoms with Gasteiger partial charge in [-0.25, -0.2) is 0 Å². The van der Waals surface area contributed by atoms with Crippen LogP contribution in [0.1, 0.15) is 56.7 Å². The summed E-state index contributed by atoms with van der Waals surface area (Å²) < 4.78 is 0. The van der Waals surface area contributed by atoms with Crippen molar-refractivity contribution in [2.24, 2.45) is 0 Å². The van der Waals surface area contributed by atoms with Crippen molar-refractivity contribution in [3.8, 4) is 0 Å². The van der Waals surface area contributed by atoms with E-state index >= 15 is 0 Å². The fourth-order valence-corrected chi connectivity index (χ4v) is 22.7. The minimum Gasteiger partial charge on any atom is -0.0620 e. The maximum atomic E-state index is 2.65. The van der Waals surface area contributed by atoms with Gasteiger partial charge in [-0.1, -0.05) is 130 Å². The summed E-state index contributed by atoms with van der Waals surface area (Å²) in [7, 11) is -5.41. The Hall–Kier alpha value is -4.17. The lowest BCUT2D eigenvalue weighted by molar-refractivity contribution is 1.08. The van der Waals surface area contributed by atoms with Crippen molar-refractivity contribution in [1.29, 1.82) is 0 Å². The van der Waals surface area contributed by atoms with Gasteiger partial charge in [0.15, 0.2) is 0 Å². The lowest BCUT2D eigenvalue weighted by Crippen LogP contribution is -2.28. The Morgan fingerprint density at radius 1 is 0.263 bits per heavy atom. The molecule has 0 heterocycles. The van der Waals surface area contributed by atoms with Crippen LogP contribution in [0.15, 0.2) is 200 Å². The summed E-state index contributed by atoms with van der Waals surface area (Å²) in [5.74, 6) is 0. The van der Waals surface area contributed by atoms with Crippen LogP contribution in [-0.4, -0.2) is 18.5 Å². The standard InChI is InChI=1S/C54H60P3/c1-4-37-55(49-25-13-7-14-26-49,50-27-15-8-16-28-50)43-46-40-47(44-56(38-5-2,51-29-17-9-18-30-51)52-31-19-10-20-32-52)42-48(41-46)45-57(39-6-3,53-33-21-11-22-34-53)54-35-23-12-24-36-54/h7-36,40-42H,4-6,37-39,43-45H2,1-3H3/q+3. The molecule has 0 atom stereocenters.